The van der Waals surface area contributed by atoms with Gasteiger partial charge in [0.05, 0.1) is 6.61 Å². The van der Waals surface area contributed by atoms with E-state index in [2.05, 4.69) is 11.8 Å². The minimum Gasteiger partial charge on any atom is -0.355 e. The van der Waals surface area contributed by atoms with Crippen LogP contribution >= 0.6 is 0 Å². The van der Waals surface area contributed by atoms with E-state index in [0.29, 0.717) is 24.3 Å². The van der Waals surface area contributed by atoms with Gasteiger partial charge in [0, 0.05) is 24.8 Å². The van der Waals surface area contributed by atoms with Crippen LogP contribution in [0.15, 0.2) is 0 Å². The summed E-state index contributed by atoms with van der Waals surface area (Å²) in [7, 11) is 0. The molecule has 4 fully saturated rings. The first kappa shape index (κ1) is 9.46. The maximum atomic E-state index is 12.1. The summed E-state index contributed by atoms with van der Waals surface area (Å²) < 4.78 is 6.03. The van der Waals surface area contributed by atoms with Crippen molar-refractivity contribution in [2.24, 2.45) is 17.8 Å². The van der Waals surface area contributed by atoms with Crippen LogP contribution in [-0.2, 0) is 9.53 Å². The zero-order chi connectivity index (χ0) is 10.9. The van der Waals surface area contributed by atoms with Crippen molar-refractivity contribution in [1.82, 2.24) is 4.90 Å². The van der Waals surface area contributed by atoms with E-state index >= 15 is 0 Å². The highest BCUT2D eigenvalue weighted by molar-refractivity contribution is 5.80. The minimum atomic E-state index is -0.261. The summed E-state index contributed by atoms with van der Waals surface area (Å²) in [6.45, 7) is 3.01. The summed E-state index contributed by atoms with van der Waals surface area (Å²) in [6.07, 6.45) is 5.64. The SMILES string of the molecule is C[C@@]12CCC(=O)N1[C@@H]1[C@@H]3CC[C@@H](C3)[C@H]1CO2. The Morgan fingerprint density at radius 1 is 1.38 bits per heavy atom. The lowest BCUT2D eigenvalue weighted by Crippen LogP contribution is -2.60. The van der Waals surface area contributed by atoms with E-state index in [1.165, 1.54) is 19.3 Å². The standard InChI is InChI=1S/C13H19NO2/c1-13-5-4-11(15)14(13)12-9-3-2-8(6-9)10(12)7-16-13/h8-10,12H,2-7H2,1H3/t8-,9+,10+,12+,13+/m0/s1. The molecule has 4 aliphatic rings. The molecule has 2 aliphatic heterocycles. The molecule has 0 spiro atoms. The number of rotatable bonds is 0. The molecule has 5 atom stereocenters. The summed E-state index contributed by atoms with van der Waals surface area (Å²) in [4.78, 5) is 14.2. The zero-order valence-corrected chi connectivity index (χ0v) is 9.82. The van der Waals surface area contributed by atoms with Crippen molar-refractivity contribution < 1.29 is 9.53 Å². The van der Waals surface area contributed by atoms with Crippen molar-refractivity contribution in [2.45, 2.75) is 50.8 Å². The van der Waals surface area contributed by atoms with Crippen LogP contribution in [0.1, 0.15) is 39.0 Å². The predicted octanol–water partition coefficient (Wildman–Crippen LogP) is 1.77. The summed E-state index contributed by atoms with van der Waals surface area (Å²) in [5, 5.41) is 0. The lowest BCUT2D eigenvalue weighted by molar-refractivity contribution is -0.208. The molecule has 3 heteroatoms. The molecule has 2 bridgehead atoms. The van der Waals surface area contributed by atoms with Crippen LogP contribution in [0.2, 0.25) is 0 Å². The molecule has 16 heavy (non-hydrogen) atoms. The molecule has 4 rings (SSSR count). The van der Waals surface area contributed by atoms with Crippen molar-refractivity contribution >= 4 is 5.91 Å². The number of ether oxygens (including phenoxy) is 1. The molecule has 0 unspecified atom stereocenters. The van der Waals surface area contributed by atoms with Gasteiger partial charge in [0.25, 0.3) is 0 Å². The summed E-state index contributed by atoms with van der Waals surface area (Å²) in [6, 6.07) is 0.521. The third-order valence-corrected chi connectivity index (χ3v) is 5.51. The Morgan fingerprint density at radius 3 is 3.06 bits per heavy atom. The van der Waals surface area contributed by atoms with Crippen molar-refractivity contribution in [3.05, 3.63) is 0 Å². The van der Waals surface area contributed by atoms with E-state index in [1.54, 1.807) is 0 Å². The predicted molar refractivity (Wildman–Crippen MR) is 58.5 cm³/mol. The highest BCUT2D eigenvalue weighted by Gasteiger charge is 2.60. The van der Waals surface area contributed by atoms with Gasteiger partial charge in [-0.15, -0.1) is 0 Å². The van der Waals surface area contributed by atoms with Gasteiger partial charge >= 0.3 is 0 Å². The highest BCUT2D eigenvalue weighted by atomic mass is 16.5. The number of carbonyl (C=O) groups is 1. The maximum absolute atomic E-state index is 12.1. The zero-order valence-electron chi connectivity index (χ0n) is 9.82. The second kappa shape index (κ2) is 2.81. The fourth-order valence-electron chi connectivity index (χ4n) is 4.76. The van der Waals surface area contributed by atoms with Gasteiger partial charge in [-0.25, -0.2) is 0 Å². The van der Waals surface area contributed by atoms with Gasteiger partial charge < -0.3 is 9.64 Å². The molecule has 88 valence electrons. The summed E-state index contributed by atoms with van der Waals surface area (Å²) >= 11 is 0. The average molecular weight is 221 g/mol. The van der Waals surface area contributed by atoms with Crippen molar-refractivity contribution in [1.29, 1.82) is 0 Å². The monoisotopic (exact) mass is 221 g/mol. The second-order valence-corrected chi connectivity index (χ2v) is 6.24. The fraction of sp³-hybridized carbons (Fsp3) is 0.923. The maximum Gasteiger partial charge on any atom is 0.225 e. The molecular formula is C13H19NO2. The van der Waals surface area contributed by atoms with Gasteiger partial charge in [-0.05, 0) is 38.0 Å². The molecule has 2 heterocycles. The Kier molecular flexibility index (Phi) is 1.66. The normalized spacial score (nSPS) is 54.3. The van der Waals surface area contributed by atoms with Gasteiger partial charge in [-0.1, -0.05) is 0 Å². The smallest absolute Gasteiger partial charge is 0.225 e. The minimum absolute atomic E-state index is 0.261. The molecule has 0 aromatic heterocycles. The topological polar surface area (TPSA) is 29.5 Å². The lowest BCUT2D eigenvalue weighted by atomic mass is 9.82. The molecular weight excluding hydrogens is 202 g/mol. The molecule has 0 aromatic carbocycles. The largest absolute Gasteiger partial charge is 0.355 e. The Labute approximate surface area is 96.1 Å². The molecule has 3 nitrogen and oxygen atoms in total. The van der Waals surface area contributed by atoms with Gasteiger partial charge in [0.2, 0.25) is 5.91 Å². The summed E-state index contributed by atoms with van der Waals surface area (Å²) in [5.41, 5.74) is -0.261. The van der Waals surface area contributed by atoms with Crippen molar-refractivity contribution in [2.75, 3.05) is 6.61 Å². The van der Waals surface area contributed by atoms with E-state index < -0.39 is 0 Å². The Morgan fingerprint density at radius 2 is 2.19 bits per heavy atom. The third kappa shape index (κ3) is 0.963. The average Bonchev–Trinajstić information content (AvgIpc) is 2.92. The van der Waals surface area contributed by atoms with Crippen LogP contribution in [0.4, 0.5) is 0 Å². The Bertz CT molecular complexity index is 356. The number of amides is 1. The Hall–Kier alpha value is -0.570. The molecule has 2 aliphatic carbocycles. The van der Waals surface area contributed by atoms with Crippen LogP contribution in [0, 0.1) is 17.8 Å². The van der Waals surface area contributed by atoms with Crippen LogP contribution in [0.5, 0.6) is 0 Å². The van der Waals surface area contributed by atoms with E-state index in [1.807, 2.05) is 0 Å². The van der Waals surface area contributed by atoms with Crippen LogP contribution in [0.25, 0.3) is 0 Å². The van der Waals surface area contributed by atoms with E-state index in [4.69, 9.17) is 4.74 Å². The fourth-order valence-corrected chi connectivity index (χ4v) is 4.76. The first-order valence-corrected chi connectivity index (χ1v) is 6.65. The second-order valence-electron chi connectivity index (χ2n) is 6.24. The van der Waals surface area contributed by atoms with Gasteiger partial charge in [0.1, 0.15) is 5.72 Å². The first-order chi connectivity index (χ1) is 7.69. The molecule has 0 aromatic rings. The van der Waals surface area contributed by atoms with E-state index in [-0.39, 0.29) is 5.72 Å². The molecule has 0 radical (unpaired) electrons. The first-order valence-electron chi connectivity index (χ1n) is 6.65. The number of hydrogen-bond acceptors (Lipinski definition) is 2. The number of carbonyl (C=O) groups excluding carboxylic acids is 1. The third-order valence-electron chi connectivity index (χ3n) is 5.51. The Balaban J connectivity index is 1.74. The van der Waals surface area contributed by atoms with E-state index in [9.17, 15) is 4.79 Å². The number of nitrogens with zero attached hydrogens (tertiary/aromatic N) is 1. The van der Waals surface area contributed by atoms with Crippen molar-refractivity contribution in [3.8, 4) is 0 Å². The highest BCUT2D eigenvalue weighted by Crippen LogP contribution is 2.55. The number of hydrogen-bond donors (Lipinski definition) is 0. The van der Waals surface area contributed by atoms with Crippen molar-refractivity contribution in [3.63, 3.8) is 0 Å². The van der Waals surface area contributed by atoms with E-state index in [0.717, 1.165) is 24.9 Å². The van der Waals surface area contributed by atoms with Gasteiger partial charge in [-0.3, -0.25) is 4.79 Å². The number of fused-ring (bicyclic) bond motifs is 7. The quantitative estimate of drug-likeness (QED) is 0.624. The molecule has 0 N–H and O–H groups in total. The summed E-state index contributed by atoms with van der Waals surface area (Å²) in [5.74, 6) is 2.60. The molecule has 1 amide bonds. The van der Waals surface area contributed by atoms with Crippen LogP contribution < -0.4 is 0 Å². The van der Waals surface area contributed by atoms with Crippen LogP contribution in [0.3, 0.4) is 0 Å². The van der Waals surface area contributed by atoms with Crippen LogP contribution in [-0.4, -0.2) is 29.2 Å². The molecule has 2 saturated carbocycles. The van der Waals surface area contributed by atoms with Gasteiger partial charge in [-0.2, -0.15) is 0 Å². The lowest BCUT2D eigenvalue weighted by Gasteiger charge is -2.50. The molecule has 2 saturated heterocycles. The van der Waals surface area contributed by atoms with Gasteiger partial charge in [0.15, 0.2) is 0 Å².